The van der Waals surface area contributed by atoms with Crippen LogP contribution in [0.4, 0.5) is 10.3 Å². The molecule has 7 heteroatoms. The van der Waals surface area contributed by atoms with E-state index in [4.69, 9.17) is 0 Å². The van der Waals surface area contributed by atoms with Gasteiger partial charge >= 0.3 is 0 Å². The fraction of sp³-hybridized carbons (Fsp3) is 0.577. The van der Waals surface area contributed by atoms with E-state index < -0.39 is 0 Å². The summed E-state index contributed by atoms with van der Waals surface area (Å²) in [7, 11) is 0. The maximum atomic E-state index is 13.3. The molecule has 3 saturated heterocycles. The molecular weight excluding hydrogens is 417 g/mol. The zero-order chi connectivity index (χ0) is 22.6. The maximum absolute atomic E-state index is 13.3. The average molecular weight is 452 g/mol. The summed E-state index contributed by atoms with van der Waals surface area (Å²) >= 11 is 0. The van der Waals surface area contributed by atoms with Crippen molar-refractivity contribution < 1.29 is 9.18 Å². The van der Waals surface area contributed by atoms with Gasteiger partial charge < -0.3 is 14.7 Å². The molecule has 3 fully saturated rings. The van der Waals surface area contributed by atoms with Crippen molar-refractivity contribution in [1.29, 1.82) is 0 Å². The highest BCUT2D eigenvalue weighted by Crippen LogP contribution is 2.26. The lowest BCUT2D eigenvalue weighted by molar-refractivity contribution is -0.137. The minimum Gasteiger partial charge on any atom is -0.342 e. The number of rotatable bonds is 4. The molecule has 3 aliphatic rings. The summed E-state index contributed by atoms with van der Waals surface area (Å²) in [4.78, 5) is 29.3. The number of nitrogens with zero attached hydrogens (tertiary/aromatic N) is 5. The van der Waals surface area contributed by atoms with Gasteiger partial charge in [0.2, 0.25) is 11.9 Å². The monoisotopic (exact) mass is 451 g/mol. The van der Waals surface area contributed by atoms with E-state index in [2.05, 4.69) is 24.7 Å². The lowest BCUT2D eigenvalue weighted by Gasteiger charge is -2.42. The SMILES string of the molecule is O=C([C@@H]1CCCN(c2ncc(-c3ccc(F)cc3)cn2)C1)N1CCC(N2CCCCC2)CC1. The molecule has 0 bridgehead atoms. The van der Waals surface area contributed by atoms with Crippen molar-refractivity contribution in [2.45, 2.75) is 51.0 Å². The molecule has 3 aliphatic heterocycles. The van der Waals surface area contributed by atoms with E-state index in [9.17, 15) is 9.18 Å². The van der Waals surface area contributed by atoms with Gasteiger partial charge in [-0.25, -0.2) is 14.4 Å². The van der Waals surface area contributed by atoms with Gasteiger partial charge in [-0.3, -0.25) is 4.79 Å². The first-order valence-electron chi connectivity index (χ1n) is 12.5. The van der Waals surface area contributed by atoms with Gasteiger partial charge in [0.25, 0.3) is 0 Å². The predicted octanol–water partition coefficient (Wildman–Crippen LogP) is 3.98. The molecule has 0 unspecified atom stereocenters. The number of likely N-dealkylation sites (tertiary alicyclic amines) is 2. The zero-order valence-electron chi connectivity index (χ0n) is 19.3. The van der Waals surface area contributed by atoms with Crippen molar-refractivity contribution in [2.75, 3.05) is 44.2 Å². The molecule has 33 heavy (non-hydrogen) atoms. The van der Waals surface area contributed by atoms with Gasteiger partial charge in [-0.05, 0) is 69.3 Å². The first kappa shape index (κ1) is 22.3. The number of halogens is 1. The van der Waals surface area contributed by atoms with E-state index in [1.54, 1.807) is 24.5 Å². The molecule has 0 N–H and O–H groups in total. The summed E-state index contributed by atoms with van der Waals surface area (Å²) in [6.07, 6.45) is 11.7. The third-order valence-electron chi connectivity index (χ3n) is 7.55. The quantitative estimate of drug-likeness (QED) is 0.704. The lowest BCUT2D eigenvalue weighted by Crippen LogP contribution is -2.51. The van der Waals surface area contributed by atoms with Crippen LogP contribution in [0.3, 0.4) is 0 Å². The fourth-order valence-electron chi connectivity index (χ4n) is 5.63. The minimum absolute atomic E-state index is 0.0191. The number of aromatic nitrogens is 2. The molecule has 1 atom stereocenters. The van der Waals surface area contributed by atoms with Crippen LogP contribution in [-0.4, -0.2) is 71.0 Å². The first-order valence-corrected chi connectivity index (χ1v) is 12.5. The zero-order valence-corrected chi connectivity index (χ0v) is 19.3. The number of carbonyl (C=O) groups is 1. The van der Waals surface area contributed by atoms with Crippen LogP contribution in [0.1, 0.15) is 44.9 Å². The van der Waals surface area contributed by atoms with Gasteiger partial charge in [-0.1, -0.05) is 18.6 Å². The maximum Gasteiger partial charge on any atom is 0.227 e. The third kappa shape index (κ3) is 5.18. The normalized spacial score (nSPS) is 23.0. The van der Waals surface area contributed by atoms with Gasteiger partial charge in [0, 0.05) is 50.2 Å². The molecule has 2 aromatic rings. The summed E-state index contributed by atoms with van der Waals surface area (Å²) in [6.45, 7) is 5.79. The highest BCUT2D eigenvalue weighted by atomic mass is 19.1. The Labute approximate surface area is 195 Å². The molecule has 0 radical (unpaired) electrons. The highest BCUT2D eigenvalue weighted by molar-refractivity contribution is 5.79. The number of hydrogen-bond donors (Lipinski definition) is 0. The van der Waals surface area contributed by atoms with E-state index in [1.165, 1.54) is 44.5 Å². The van der Waals surface area contributed by atoms with Crippen LogP contribution in [-0.2, 0) is 4.79 Å². The van der Waals surface area contributed by atoms with Crippen molar-refractivity contribution >= 4 is 11.9 Å². The third-order valence-corrected chi connectivity index (χ3v) is 7.55. The number of benzene rings is 1. The Morgan fingerprint density at radius 3 is 2.21 bits per heavy atom. The smallest absolute Gasteiger partial charge is 0.227 e. The molecule has 4 heterocycles. The summed E-state index contributed by atoms with van der Waals surface area (Å²) in [5, 5.41) is 0. The van der Waals surface area contributed by atoms with E-state index in [-0.39, 0.29) is 11.7 Å². The van der Waals surface area contributed by atoms with E-state index >= 15 is 0 Å². The van der Waals surface area contributed by atoms with Crippen LogP contribution < -0.4 is 4.90 Å². The largest absolute Gasteiger partial charge is 0.342 e. The van der Waals surface area contributed by atoms with Crippen LogP contribution >= 0.6 is 0 Å². The molecule has 5 rings (SSSR count). The fourth-order valence-corrected chi connectivity index (χ4v) is 5.63. The Morgan fingerprint density at radius 2 is 1.52 bits per heavy atom. The van der Waals surface area contributed by atoms with E-state index in [1.807, 2.05) is 0 Å². The molecule has 0 aliphatic carbocycles. The molecule has 0 saturated carbocycles. The van der Waals surface area contributed by atoms with Crippen molar-refractivity contribution in [3.8, 4) is 11.1 Å². The molecule has 1 aromatic heterocycles. The first-order chi connectivity index (χ1) is 16.2. The standard InChI is InChI=1S/C26H34FN5O/c27-23-8-6-20(7-9-23)22-17-28-26(29-18-22)32-14-4-5-21(19-32)25(33)31-15-10-24(11-16-31)30-12-2-1-3-13-30/h6-9,17-18,21,24H,1-5,10-16,19H2/t21-/m1/s1. The van der Waals surface area contributed by atoms with Crippen molar-refractivity contribution in [2.24, 2.45) is 5.92 Å². The van der Waals surface area contributed by atoms with Crippen LogP contribution in [0.15, 0.2) is 36.7 Å². The van der Waals surface area contributed by atoms with Crippen LogP contribution in [0, 0.1) is 11.7 Å². The molecular formula is C26H34FN5O. The van der Waals surface area contributed by atoms with Crippen molar-refractivity contribution in [3.63, 3.8) is 0 Å². The van der Waals surface area contributed by atoms with Crippen LogP contribution in [0.2, 0.25) is 0 Å². The van der Waals surface area contributed by atoms with Gasteiger partial charge in [0.15, 0.2) is 0 Å². The number of anilines is 1. The number of amides is 1. The average Bonchev–Trinajstić information content (AvgIpc) is 2.89. The Hall–Kier alpha value is -2.54. The second kappa shape index (κ2) is 10.2. The summed E-state index contributed by atoms with van der Waals surface area (Å²) in [5.74, 6) is 0.739. The van der Waals surface area contributed by atoms with Crippen molar-refractivity contribution in [3.05, 3.63) is 42.5 Å². The second-order valence-corrected chi connectivity index (χ2v) is 9.72. The van der Waals surface area contributed by atoms with Crippen molar-refractivity contribution in [1.82, 2.24) is 19.8 Å². The Bertz CT molecular complexity index is 921. The van der Waals surface area contributed by atoms with Crippen LogP contribution in [0.25, 0.3) is 11.1 Å². The summed E-state index contributed by atoms with van der Waals surface area (Å²) in [5.41, 5.74) is 1.75. The van der Waals surface area contributed by atoms with Crippen LogP contribution in [0.5, 0.6) is 0 Å². The van der Waals surface area contributed by atoms with E-state index in [0.717, 1.165) is 56.4 Å². The summed E-state index contributed by atoms with van der Waals surface area (Å²) < 4.78 is 13.2. The second-order valence-electron chi connectivity index (χ2n) is 9.72. The Balaban J connectivity index is 1.17. The lowest BCUT2D eigenvalue weighted by atomic mass is 9.94. The Kier molecular flexibility index (Phi) is 6.85. The number of piperidine rings is 3. The van der Waals surface area contributed by atoms with Gasteiger partial charge in [0.1, 0.15) is 5.82 Å². The topological polar surface area (TPSA) is 52.6 Å². The highest BCUT2D eigenvalue weighted by Gasteiger charge is 2.33. The summed E-state index contributed by atoms with van der Waals surface area (Å²) in [6, 6.07) is 7.01. The molecule has 1 amide bonds. The van der Waals surface area contributed by atoms with Gasteiger partial charge in [-0.15, -0.1) is 0 Å². The van der Waals surface area contributed by atoms with Gasteiger partial charge in [-0.2, -0.15) is 0 Å². The molecule has 6 nitrogen and oxygen atoms in total. The molecule has 176 valence electrons. The van der Waals surface area contributed by atoms with E-state index in [0.29, 0.717) is 24.4 Å². The molecule has 0 spiro atoms. The Morgan fingerprint density at radius 1 is 0.818 bits per heavy atom. The number of hydrogen-bond acceptors (Lipinski definition) is 5. The minimum atomic E-state index is -0.254. The molecule has 1 aromatic carbocycles. The van der Waals surface area contributed by atoms with Gasteiger partial charge in [0.05, 0.1) is 5.92 Å². The number of carbonyl (C=O) groups excluding carboxylic acids is 1. The predicted molar refractivity (Wildman–Crippen MR) is 127 cm³/mol.